The lowest BCUT2D eigenvalue weighted by Gasteiger charge is -1.98. The van der Waals surface area contributed by atoms with Gasteiger partial charge in [-0.1, -0.05) is 36.1 Å². The predicted octanol–water partition coefficient (Wildman–Crippen LogP) is 1.96. The van der Waals surface area contributed by atoms with E-state index >= 15 is 0 Å². The van der Waals surface area contributed by atoms with E-state index in [1.807, 2.05) is 12.3 Å². The lowest BCUT2D eigenvalue weighted by molar-refractivity contribution is 0.474. The van der Waals surface area contributed by atoms with E-state index in [0.29, 0.717) is 9.88 Å². The van der Waals surface area contributed by atoms with Gasteiger partial charge in [-0.3, -0.25) is 5.43 Å². The van der Waals surface area contributed by atoms with Crippen molar-refractivity contribution in [3.05, 3.63) is 29.8 Å². The average molecular weight is 226 g/mol. The van der Waals surface area contributed by atoms with Gasteiger partial charge in [0.15, 0.2) is 4.32 Å². The van der Waals surface area contributed by atoms with Gasteiger partial charge in [0.2, 0.25) is 0 Å². The molecule has 0 saturated heterocycles. The Kier molecular flexibility index (Phi) is 4.42. The Labute approximate surface area is 92.2 Å². The first kappa shape index (κ1) is 11.0. The zero-order valence-corrected chi connectivity index (χ0v) is 9.23. The normalized spacial score (nSPS) is 10.4. The number of hydrogen-bond acceptors (Lipinski definition) is 4. The Morgan fingerprint density at radius 2 is 2.29 bits per heavy atom. The molecule has 14 heavy (non-hydrogen) atoms. The number of hydrazone groups is 1. The third kappa shape index (κ3) is 3.35. The van der Waals surface area contributed by atoms with Crippen LogP contribution >= 0.6 is 24.0 Å². The van der Waals surface area contributed by atoms with E-state index in [1.54, 1.807) is 18.2 Å². The number of phenols is 1. The summed E-state index contributed by atoms with van der Waals surface area (Å²) < 4.78 is 0.594. The molecule has 1 rings (SSSR count). The molecule has 0 aliphatic heterocycles. The molecule has 5 heteroatoms. The van der Waals surface area contributed by atoms with Crippen molar-refractivity contribution < 1.29 is 5.11 Å². The molecule has 3 nitrogen and oxygen atoms in total. The van der Waals surface area contributed by atoms with Gasteiger partial charge >= 0.3 is 0 Å². The van der Waals surface area contributed by atoms with Gasteiger partial charge in [-0.2, -0.15) is 5.10 Å². The summed E-state index contributed by atoms with van der Waals surface area (Å²) in [4.78, 5) is 0. The second-order valence-corrected chi connectivity index (χ2v) is 3.90. The fourth-order valence-electron chi connectivity index (χ4n) is 0.797. The van der Waals surface area contributed by atoms with E-state index in [1.165, 1.54) is 18.0 Å². The molecule has 0 radical (unpaired) electrons. The molecule has 2 N–H and O–H groups in total. The molecule has 0 saturated carbocycles. The van der Waals surface area contributed by atoms with Crippen molar-refractivity contribution in [2.24, 2.45) is 5.10 Å². The number of phenolic OH excluding ortho intramolecular Hbond substituents is 1. The van der Waals surface area contributed by atoms with Gasteiger partial charge in [0.1, 0.15) is 5.75 Å². The standard InChI is InChI=1S/C9H10N2OS2/c1-14-9(13)11-10-6-7-4-2-3-5-8(7)12/h2-6,12H,1H3,(H,11,13)/b10-6-. The maximum atomic E-state index is 9.38. The van der Waals surface area contributed by atoms with Crippen molar-refractivity contribution >= 4 is 34.5 Å². The van der Waals surface area contributed by atoms with E-state index < -0.39 is 0 Å². The van der Waals surface area contributed by atoms with Gasteiger partial charge < -0.3 is 5.11 Å². The highest BCUT2D eigenvalue weighted by atomic mass is 32.2. The number of aromatic hydroxyl groups is 1. The van der Waals surface area contributed by atoms with E-state index in [2.05, 4.69) is 10.5 Å². The molecule has 0 unspecified atom stereocenters. The lowest BCUT2D eigenvalue weighted by Crippen LogP contribution is -2.10. The largest absolute Gasteiger partial charge is 0.507 e. The molecule has 0 heterocycles. The van der Waals surface area contributed by atoms with E-state index in [-0.39, 0.29) is 5.75 Å². The third-order valence-corrected chi connectivity index (χ3v) is 2.53. The minimum Gasteiger partial charge on any atom is -0.507 e. The highest BCUT2D eigenvalue weighted by Gasteiger charge is 1.94. The first-order valence-electron chi connectivity index (χ1n) is 3.89. The number of nitrogens with zero attached hydrogens (tertiary/aromatic N) is 1. The van der Waals surface area contributed by atoms with Crippen molar-refractivity contribution in [1.29, 1.82) is 0 Å². The van der Waals surface area contributed by atoms with Crippen molar-refractivity contribution in [2.45, 2.75) is 0 Å². The first-order valence-corrected chi connectivity index (χ1v) is 5.52. The summed E-state index contributed by atoms with van der Waals surface area (Å²) in [6.45, 7) is 0. The number of hydrogen-bond donors (Lipinski definition) is 2. The van der Waals surface area contributed by atoms with Gasteiger partial charge in [0.05, 0.1) is 6.21 Å². The quantitative estimate of drug-likeness (QED) is 0.460. The van der Waals surface area contributed by atoms with Crippen LogP contribution in [0.5, 0.6) is 5.75 Å². The fourth-order valence-corrected chi connectivity index (χ4v) is 0.994. The van der Waals surface area contributed by atoms with Crippen LogP contribution in [0.15, 0.2) is 29.4 Å². The maximum absolute atomic E-state index is 9.38. The molecular formula is C9H10N2OS2. The summed E-state index contributed by atoms with van der Waals surface area (Å²) in [6.07, 6.45) is 3.39. The number of rotatable bonds is 2. The minimum atomic E-state index is 0.202. The second-order valence-electron chi connectivity index (χ2n) is 2.42. The third-order valence-electron chi connectivity index (χ3n) is 1.48. The summed E-state index contributed by atoms with van der Waals surface area (Å²) in [5.74, 6) is 0.202. The molecule has 0 aliphatic rings. The number of nitrogens with one attached hydrogen (secondary N) is 1. The summed E-state index contributed by atoms with van der Waals surface area (Å²) in [7, 11) is 0. The predicted molar refractivity (Wildman–Crippen MR) is 64.9 cm³/mol. The van der Waals surface area contributed by atoms with Crippen LogP contribution in [0, 0.1) is 0 Å². The second kappa shape index (κ2) is 5.62. The molecule has 1 aromatic rings. The van der Waals surface area contributed by atoms with E-state index in [9.17, 15) is 5.11 Å². The molecule has 0 fully saturated rings. The van der Waals surface area contributed by atoms with Crippen molar-refractivity contribution in [3.63, 3.8) is 0 Å². The van der Waals surface area contributed by atoms with E-state index in [0.717, 1.165) is 0 Å². The van der Waals surface area contributed by atoms with Crippen molar-refractivity contribution in [1.82, 2.24) is 5.43 Å². The fraction of sp³-hybridized carbons (Fsp3) is 0.111. The van der Waals surface area contributed by atoms with Crippen LogP contribution in [0.4, 0.5) is 0 Å². The summed E-state index contributed by atoms with van der Waals surface area (Å²) in [5, 5.41) is 13.3. The van der Waals surface area contributed by atoms with Crippen LogP contribution in [0.3, 0.4) is 0 Å². The molecular weight excluding hydrogens is 216 g/mol. The maximum Gasteiger partial charge on any atom is 0.153 e. The van der Waals surface area contributed by atoms with Crippen LogP contribution in [0.2, 0.25) is 0 Å². The van der Waals surface area contributed by atoms with Gasteiger partial charge in [-0.05, 0) is 18.4 Å². The van der Waals surface area contributed by atoms with Crippen LogP contribution < -0.4 is 5.43 Å². The molecule has 1 aromatic carbocycles. The number of benzene rings is 1. The van der Waals surface area contributed by atoms with Gasteiger partial charge in [0.25, 0.3) is 0 Å². The smallest absolute Gasteiger partial charge is 0.153 e. The van der Waals surface area contributed by atoms with Crippen LogP contribution in [-0.4, -0.2) is 21.9 Å². The van der Waals surface area contributed by atoms with Crippen LogP contribution in [0.25, 0.3) is 0 Å². The Morgan fingerprint density at radius 1 is 1.57 bits per heavy atom. The Balaban J connectivity index is 2.60. The molecule has 0 spiro atoms. The van der Waals surface area contributed by atoms with Crippen LogP contribution in [0.1, 0.15) is 5.56 Å². The van der Waals surface area contributed by atoms with Gasteiger partial charge in [0, 0.05) is 5.56 Å². The monoisotopic (exact) mass is 226 g/mol. The van der Waals surface area contributed by atoms with E-state index in [4.69, 9.17) is 12.2 Å². The summed E-state index contributed by atoms with van der Waals surface area (Å²) >= 11 is 6.29. The number of thiocarbonyl (C=S) groups is 1. The Bertz CT molecular complexity index is 352. The Morgan fingerprint density at radius 3 is 2.93 bits per heavy atom. The van der Waals surface area contributed by atoms with Crippen LogP contribution in [-0.2, 0) is 0 Å². The minimum absolute atomic E-state index is 0.202. The molecule has 0 aliphatic carbocycles. The van der Waals surface area contributed by atoms with Crippen molar-refractivity contribution in [2.75, 3.05) is 6.26 Å². The van der Waals surface area contributed by atoms with Crippen molar-refractivity contribution in [3.8, 4) is 5.75 Å². The zero-order valence-electron chi connectivity index (χ0n) is 7.60. The lowest BCUT2D eigenvalue weighted by atomic mass is 10.2. The van der Waals surface area contributed by atoms with Gasteiger partial charge in [-0.25, -0.2) is 0 Å². The first-order chi connectivity index (χ1) is 6.74. The molecule has 0 aromatic heterocycles. The Hall–Kier alpha value is -1.07. The average Bonchev–Trinajstić information content (AvgIpc) is 2.20. The van der Waals surface area contributed by atoms with Gasteiger partial charge in [-0.15, -0.1) is 0 Å². The highest BCUT2D eigenvalue weighted by Crippen LogP contribution is 2.12. The molecule has 74 valence electrons. The highest BCUT2D eigenvalue weighted by molar-refractivity contribution is 8.22. The zero-order chi connectivity index (χ0) is 10.4. The summed E-state index contributed by atoms with van der Waals surface area (Å²) in [5.41, 5.74) is 3.32. The number of para-hydroxylation sites is 1. The molecule has 0 atom stereocenters. The SMILES string of the molecule is CSC(=S)N/N=C\c1ccccc1O. The topological polar surface area (TPSA) is 44.6 Å². The summed E-state index contributed by atoms with van der Waals surface area (Å²) in [6, 6.07) is 6.96. The number of thioether (sulfide) groups is 1. The molecule has 0 amide bonds. The molecule has 0 bridgehead atoms.